The van der Waals surface area contributed by atoms with Crippen LogP contribution in [0.25, 0.3) is 0 Å². The molecule has 1 N–H and O–H groups in total. The Morgan fingerprint density at radius 2 is 2.33 bits per heavy atom. The molecule has 0 radical (unpaired) electrons. The van der Waals surface area contributed by atoms with Crippen molar-refractivity contribution in [3.8, 4) is 0 Å². The first-order valence-electron chi connectivity index (χ1n) is 5.07. The smallest absolute Gasteiger partial charge is 0.319 e. The molecule has 0 spiro atoms. The van der Waals surface area contributed by atoms with E-state index in [4.69, 9.17) is 16.7 Å². The first-order chi connectivity index (χ1) is 8.40. The van der Waals surface area contributed by atoms with E-state index in [9.17, 15) is 14.9 Å². The Morgan fingerprint density at radius 1 is 1.72 bits per heavy atom. The molecule has 0 bridgehead atoms. The van der Waals surface area contributed by atoms with Crippen molar-refractivity contribution in [3.05, 3.63) is 33.1 Å². The summed E-state index contributed by atoms with van der Waals surface area (Å²) >= 11 is 5.61. The van der Waals surface area contributed by atoms with Gasteiger partial charge in [-0.15, -0.1) is 0 Å². The van der Waals surface area contributed by atoms with Gasteiger partial charge in [0.05, 0.1) is 17.6 Å². The maximum Gasteiger partial charge on any atom is 0.319 e. The number of nitro groups is 1. The van der Waals surface area contributed by atoms with Crippen molar-refractivity contribution >= 4 is 23.2 Å². The van der Waals surface area contributed by atoms with E-state index in [-0.39, 0.29) is 17.3 Å². The number of carbonyl (C=O) groups is 1. The topological polar surface area (TPSA) is 96.6 Å². The van der Waals surface area contributed by atoms with Gasteiger partial charge < -0.3 is 10.0 Å². The monoisotopic (exact) mass is 273 g/mol. The maximum absolute atomic E-state index is 12.0. The number of rotatable bonds is 4. The van der Waals surface area contributed by atoms with Crippen LogP contribution in [0.5, 0.6) is 0 Å². The van der Waals surface area contributed by atoms with Gasteiger partial charge >= 0.3 is 5.69 Å². The molecule has 1 atom stereocenters. The molecule has 0 fully saturated rings. The molecule has 1 rings (SSSR count). The zero-order chi connectivity index (χ0) is 13.9. The zero-order valence-corrected chi connectivity index (χ0v) is 10.6. The second kappa shape index (κ2) is 5.74. The van der Waals surface area contributed by atoms with Gasteiger partial charge in [0.15, 0.2) is 0 Å². The van der Waals surface area contributed by atoms with Gasteiger partial charge in [-0.25, -0.2) is 4.98 Å². The standard InChI is InChI=1S/C10H12ClN3O4/c1-6(5-15)13(2)10(16)7-3-4-12-9(11)8(7)14(17)18/h3-4,6,15H,5H2,1-2H3. The number of aliphatic hydroxyl groups excluding tert-OH is 1. The van der Waals surface area contributed by atoms with E-state index in [0.29, 0.717) is 0 Å². The molecular formula is C10H12ClN3O4. The number of hydrogen-bond acceptors (Lipinski definition) is 5. The average Bonchev–Trinajstić information content (AvgIpc) is 2.35. The third-order valence-corrected chi connectivity index (χ3v) is 2.81. The fourth-order valence-electron chi connectivity index (χ4n) is 1.29. The number of hydrogen-bond donors (Lipinski definition) is 1. The van der Waals surface area contributed by atoms with Crippen LogP contribution in [0.1, 0.15) is 17.3 Å². The van der Waals surface area contributed by atoms with Crippen LogP contribution in [-0.2, 0) is 0 Å². The highest BCUT2D eigenvalue weighted by Gasteiger charge is 2.28. The van der Waals surface area contributed by atoms with Gasteiger partial charge in [-0.1, -0.05) is 11.6 Å². The summed E-state index contributed by atoms with van der Waals surface area (Å²) in [7, 11) is 1.45. The van der Waals surface area contributed by atoms with Crippen LogP contribution in [0.15, 0.2) is 12.3 Å². The van der Waals surface area contributed by atoms with Gasteiger partial charge in [-0.05, 0) is 13.0 Å². The first-order valence-corrected chi connectivity index (χ1v) is 5.44. The minimum atomic E-state index is -0.750. The fraction of sp³-hybridized carbons (Fsp3) is 0.400. The lowest BCUT2D eigenvalue weighted by Crippen LogP contribution is -2.37. The number of halogens is 1. The van der Waals surface area contributed by atoms with Crippen molar-refractivity contribution in [2.75, 3.05) is 13.7 Å². The number of pyridine rings is 1. The van der Waals surface area contributed by atoms with Crippen molar-refractivity contribution in [2.24, 2.45) is 0 Å². The number of amides is 1. The summed E-state index contributed by atoms with van der Waals surface area (Å²) in [5, 5.41) is 19.5. The lowest BCUT2D eigenvalue weighted by Gasteiger charge is -2.22. The summed E-state index contributed by atoms with van der Waals surface area (Å²) < 4.78 is 0. The molecule has 0 aliphatic heterocycles. The molecular weight excluding hydrogens is 262 g/mol. The van der Waals surface area contributed by atoms with E-state index in [1.54, 1.807) is 6.92 Å². The molecule has 18 heavy (non-hydrogen) atoms. The highest BCUT2D eigenvalue weighted by molar-refractivity contribution is 6.32. The molecule has 0 saturated carbocycles. The molecule has 0 aliphatic rings. The highest BCUT2D eigenvalue weighted by atomic mass is 35.5. The highest BCUT2D eigenvalue weighted by Crippen LogP contribution is 2.27. The van der Waals surface area contributed by atoms with Gasteiger partial charge in [0.2, 0.25) is 5.15 Å². The van der Waals surface area contributed by atoms with Gasteiger partial charge in [0.25, 0.3) is 5.91 Å². The van der Waals surface area contributed by atoms with Crippen LogP contribution >= 0.6 is 11.6 Å². The van der Waals surface area contributed by atoms with Crippen LogP contribution in [-0.4, -0.2) is 45.5 Å². The first kappa shape index (κ1) is 14.3. The lowest BCUT2D eigenvalue weighted by molar-refractivity contribution is -0.385. The summed E-state index contributed by atoms with van der Waals surface area (Å²) in [6.07, 6.45) is 1.22. The minimum Gasteiger partial charge on any atom is -0.394 e. The molecule has 1 unspecified atom stereocenters. The summed E-state index contributed by atoms with van der Waals surface area (Å²) in [5.74, 6) is -0.590. The van der Waals surface area contributed by atoms with Crippen molar-refractivity contribution in [3.63, 3.8) is 0 Å². The molecule has 1 aromatic heterocycles. The molecule has 8 heteroatoms. The zero-order valence-electron chi connectivity index (χ0n) is 9.83. The van der Waals surface area contributed by atoms with Gasteiger partial charge in [0, 0.05) is 13.2 Å². The van der Waals surface area contributed by atoms with E-state index in [2.05, 4.69) is 4.98 Å². The third kappa shape index (κ3) is 2.74. The van der Waals surface area contributed by atoms with E-state index < -0.39 is 22.6 Å². The SMILES string of the molecule is CC(CO)N(C)C(=O)c1ccnc(Cl)c1[N+](=O)[O-]. The Balaban J connectivity index is 3.21. The molecule has 0 aromatic carbocycles. The predicted octanol–water partition coefficient (Wildman–Crippen LogP) is 1.10. The largest absolute Gasteiger partial charge is 0.394 e. The van der Waals surface area contributed by atoms with Gasteiger partial charge in [-0.2, -0.15) is 0 Å². The number of carbonyl (C=O) groups excluding carboxylic acids is 1. The Hall–Kier alpha value is -1.73. The molecule has 1 heterocycles. The second-order valence-electron chi connectivity index (χ2n) is 3.70. The van der Waals surface area contributed by atoms with Crippen molar-refractivity contribution < 1.29 is 14.8 Å². The minimum absolute atomic E-state index is 0.150. The number of nitrogens with zero attached hydrogens (tertiary/aromatic N) is 3. The van der Waals surface area contributed by atoms with E-state index in [1.165, 1.54) is 24.2 Å². The quantitative estimate of drug-likeness (QED) is 0.503. The summed E-state index contributed by atoms with van der Waals surface area (Å²) in [6, 6.07) is 0.775. The molecule has 0 aliphatic carbocycles. The Morgan fingerprint density at radius 3 is 2.83 bits per heavy atom. The number of aliphatic hydroxyl groups is 1. The molecule has 7 nitrogen and oxygen atoms in total. The summed E-state index contributed by atoms with van der Waals surface area (Å²) in [5.41, 5.74) is -0.677. The fourth-order valence-corrected chi connectivity index (χ4v) is 1.51. The normalized spacial score (nSPS) is 12.0. The van der Waals surface area contributed by atoms with E-state index >= 15 is 0 Å². The number of likely N-dealkylation sites (N-methyl/N-ethyl adjacent to an activating group) is 1. The van der Waals surface area contributed by atoms with Gasteiger partial charge in [0.1, 0.15) is 5.56 Å². The van der Waals surface area contributed by atoms with Crippen LogP contribution in [0, 0.1) is 10.1 Å². The Labute approximate surface area is 108 Å². The van der Waals surface area contributed by atoms with E-state index in [0.717, 1.165) is 0 Å². The van der Waals surface area contributed by atoms with Crippen molar-refractivity contribution in [1.82, 2.24) is 9.88 Å². The lowest BCUT2D eigenvalue weighted by atomic mass is 10.2. The summed E-state index contributed by atoms with van der Waals surface area (Å²) in [6.45, 7) is 1.38. The number of aromatic nitrogens is 1. The Kier molecular flexibility index (Phi) is 4.57. The molecule has 0 saturated heterocycles. The predicted molar refractivity (Wildman–Crippen MR) is 64.5 cm³/mol. The Bertz CT molecular complexity index is 480. The van der Waals surface area contributed by atoms with Crippen LogP contribution in [0.3, 0.4) is 0 Å². The molecule has 98 valence electrons. The van der Waals surface area contributed by atoms with Crippen molar-refractivity contribution in [2.45, 2.75) is 13.0 Å². The van der Waals surface area contributed by atoms with E-state index in [1.807, 2.05) is 0 Å². The summed E-state index contributed by atoms with van der Waals surface area (Å²) in [4.78, 5) is 26.9. The van der Waals surface area contributed by atoms with Crippen LogP contribution in [0.2, 0.25) is 5.15 Å². The second-order valence-corrected chi connectivity index (χ2v) is 4.06. The van der Waals surface area contributed by atoms with Crippen LogP contribution < -0.4 is 0 Å². The van der Waals surface area contributed by atoms with Gasteiger partial charge in [-0.3, -0.25) is 14.9 Å². The molecule has 1 aromatic rings. The maximum atomic E-state index is 12.0. The van der Waals surface area contributed by atoms with Crippen LogP contribution in [0.4, 0.5) is 5.69 Å². The van der Waals surface area contributed by atoms with Crippen molar-refractivity contribution in [1.29, 1.82) is 0 Å². The third-order valence-electron chi connectivity index (χ3n) is 2.54. The average molecular weight is 274 g/mol. The molecule has 1 amide bonds.